The van der Waals surface area contributed by atoms with Gasteiger partial charge in [0.05, 0.1) is 30.4 Å². The summed E-state index contributed by atoms with van der Waals surface area (Å²) in [5, 5.41) is 6.94. The first-order valence-electron chi connectivity index (χ1n) is 13.0. The lowest BCUT2D eigenvalue weighted by atomic mass is 10.0. The molecule has 0 saturated carbocycles. The largest absolute Gasteiger partial charge is 0.494 e. The predicted molar refractivity (Wildman–Crippen MR) is 156 cm³/mol. The number of aryl methyl sites for hydroxylation is 1. The topological polar surface area (TPSA) is 100 Å². The van der Waals surface area contributed by atoms with Gasteiger partial charge in [-0.3, -0.25) is 4.79 Å². The number of hydrogen-bond acceptors (Lipinski definition) is 8. The second-order valence-corrected chi connectivity index (χ2v) is 10.0. The van der Waals surface area contributed by atoms with Crippen LogP contribution in [0.25, 0.3) is 22.3 Å². The van der Waals surface area contributed by atoms with Gasteiger partial charge in [-0.05, 0) is 51.2 Å². The first-order chi connectivity index (χ1) is 19.3. The number of carbonyl (C=O) groups excluding carboxylic acids is 1. The molecule has 40 heavy (non-hydrogen) atoms. The maximum absolute atomic E-state index is 14.9. The van der Waals surface area contributed by atoms with Crippen molar-refractivity contribution in [1.29, 1.82) is 0 Å². The van der Waals surface area contributed by atoms with Gasteiger partial charge in [0.2, 0.25) is 11.9 Å². The summed E-state index contributed by atoms with van der Waals surface area (Å²) in [4.78, 5) is 29.9. The third kappa shape index (κ3) is 5.46. The number of fused-ring (bicyclic) bond motifs is 1. The summed E-state index contributed by atoms with van der Waals surface area (Å²) in [6.07, 6.45) is 7.84. The van der Waals surface area contributed by atoms with Crippen molar-refractivity contribution in [3.8, 4) is 17.0 Å². The normalized spacial score (nSPS) is 14.0. The third-order valence-corrected chi connectivity index (χ3v) is 7.27. The standard InChI is InChI=1S/C29H33FN8O2/c1-6-26(39)33-22-14-23(25(40-5)15-24(22)38-11-8-20(9-12-38)36(2)3)34-29-32-17-21(30)27(35-29)19-13-18-7-10-37(4)28(18)31-16-19/h6-7,10,13-17,20H,1,8-9,11-12H2,2-5H3,(H,33,39)(H,32,34,35). The molecule has 0 unspecified atom stereocenters. The first kappa shape index (κ1) is 27.1. The van der Waals surface area contributed by atoms with Crippen molar-refractivity contribution in [3.05, 3.63) is 61.3 Å². The minimum atomic E-state index is -0.565. The van der Waals surface area contributed by atoms with Gasteiger partial charge in [-0.15, -0.1) is 0 Å². The number of ether oxygens (including phenoxy) is 1. The molecule has 10 nitrogen and oxygen atoms in total. The van der Waals surface area contributed by atoms with E-state index in [1.54, 1.807) is 19.4 Å². The summed E-state index contributed by atoms with van der Waals surface area (Å²) >= 11 is 0. The Labute approximate surface area is 232 Å². The van der Waals surface area contributed by atoms with E-state index in [-0.39, 0.29) is 17.5 Å². The maximum atomic E-state index is 14.9. The molecular weight excluding hydrogens is 511 g/mol. The van der Waals surface area contributed by atoms with Gasteiger partial charge in [0.25, 0.3) is 0 Å². The fourth-order valence-corrected chi connectivity index (χ4v) is 5.04. The number of hydrogen-bond donors (Lipinski definition) is 2. The van der Waals surface area contributed by atoms with Gasteiger partial charge < -0.3 is 29.7 Å². The minimum Gasteiger partial charge on any atom is -0.494 e. The lowest BCUT2D eigenvalue weighted by Crippen LogP contribution is -2.42. The maximum Gasteiger partial charge on any atom is 0.247 e. The number of aromatic nitrogens is 4. The summed E-state index contributed by atoms with van der Waals surface area (Å²) in [7, 11) is 7.67. The Morgan fingerprint density at radius 3 is 2.65 bits per heavy atom. The number of rotatable bonds is 8. The average Bonchev–Trinajstić information content (AvgIpc) is 3.33. The molecule has 1 aliphatic rings. The number of piperidine rings is 1. The fourth-order valence-electron chi connectivity index (χ4n) is 5.04. The van der Waals surface area contributed by atoms with Gasteiger partial charge in [0.15, 0.2) is 5.82 Å². The van der Waals surface area contributed by atoms with Crippen LogP contribution < -0.4 is 20.3 Å². The van der Waals surface area contributed by atoms with E-state index in [1.165, 1.54) is 6.08 Å². The molecule has 0 atom stereocenters. The zero-order chi connectivity index (χ0) is 28.4. The molecule has 1 aromatic carbocycles. The zero-order valence-corrected chi connectivity index (χ0v) is 23.1. The number of anilines is 4. The van der Waals surface area contributed by atoms with E-state index in [9.17, 15) is 9.18 Å². The van der Waals surface area contributed by atoms with Crippen molar-refractivity contribution in [1.82, 2.24) is 24.4 Å². The Morgan fingerprint density at radius 1 is 1.18 bits per heavy atom. The highest BCUT2D eigenvalue weighted by Gasteiger charge is 2.24. The summed E-state index contributed by atoms with van der Waals surface area (Å²) < 4.78 is 22.5. The third-order valence-electron chi connectivity index (χ3n) is 7.27. The second-order valence-electron chi connectivity index (χ2n) is 10.0. The number of amides is 1. The average molecular weight is 545 g/mol. The van der Waals surface area contributed by atoms with Gasteiger partial charge in [-0.2, -0.15) is 0 Å². The molecule has 0 radical (unpaired) electrons. The number of carbonyl (C=O) groups is 1. The van der Waals surface area contributed by atoms with Crippen molar-refractivity contribution in [3.63, 3.8) is 0 Å². The van der Waals surface area contributed by atoms with Gasteiger partial charge >= 0.3 is 0 Å². The van der Waals surface area contributed by atoms with Crippen molar-refractivity contribution >= 4 is 40.0 Å². The van der Waals surface area contributed by atoms with E-state index in [4.69, 9.17) is 4.74 Å². The summed E-state index contributed by atoms with van der Waals surface area (Å²) in [5.74, 6) is -0.193. The van der Waals surface area contributed by atoms with Crippen LogP contribution in [0.2, 0.25) is 0 Å². The lowest BCUT2D eigenvalue weighted by Gasteiger charge is -2.37. The van der Waals surface area contributed by atoms with Crippen LogP contribution >= 0.6 is 0 Å². The fraction of sp³-hybridized carbons (Fsp3) is 0.310. The minimum absolute atomic E-state index is 0.121. The molecule has 208 valence electrons. The van der Waals surface area contributed by atoms with Gasteiger partial charge in [0, 0.05) is 55.6 Å². The monoisotopic (exact) mass is 544 g/mol. The Hall–Kier alpha value is -4.51. The molecule has 3 aromatic heterocycles. The highest BCUT2D eigenvalue weighted by molar-refractivity contribution is 6.02. The Bertz CT molecular complexity index is 1560. The molecular formula is C29H33FN8O2. The molecule has 1 saturated heterocycles. The summed E-state index contributed by atoms with van der Waals surface area (Å²) in [6.45, 7) is 5.25. The van der Waals surface area contributed by atoms with E-state index in [2.05, 4.69) is 56.1 Å². The Balaban J connectivity index is 1.48. The molecule has 0 bridgehead atoms. The van der Waals surface area contributed by atoms with Crippen LogP contribution in [0, 0.1) is 5.82 Å². The Morgan fingerprint density at radius 2 is 1.95 bits per heavy atom. The SMILES string of the molecule is C=CC(=O)Nc1cc(Nc2ncc(F)c(-c3cnc4c(ccn4C)c3)n2)c(OC)cc1N1CCC(N(C)C)CC1. The van der Waals surface area contributed by atoms with Crippen molar-refractivity contribution in [2.45, 2.75) is 18.9 Å². The zero-order valence-electron chi connectivity index (χ0n) is 23.1. The smallest absolute Gasteiger partial charge is 0.247 e. The van der Waals surface area contributed by atoms with Gasteiger partial charge in [-0.25, -0.2) is 19.3 Å². The van der Waals surface area contributed by atoms with E-state index in [0.717, 1.165) is 48.8 Å². The Kier molecular flexibility index (Phi) is 7.65. The lowest BCUT2D eigenvalue weighted by molar-refractivity contribution is -0.111. The quantitative estimate of drug-likeness (QED) is 0.311. The molecule has 0 spiro atoms. The molecule has 5 rings (SSSR count). The molecule has 2 N–H and O–H groups in total. The molecule has 11 heteroatoms. The van der Waals surface area contributed by atoms with E-state index >= 15 is 0 Å². The van der Waals surface area contributed by atoms with Crippen molar-refractivity contribution in [2.75, 3.05) is 49.8 Å². The van der Waals surface area contributed by atoms with Crippen LogP contribution in [0.5, 0.6) is 5.75 Å². The number of benzene rings is 1. The molecule has 0 aliphatic carbocycles. The van der Waals surface area contributed by atoms with Crippen LogP contribution in [-0.2, 0) is 11.8 Å². The van der Waals surface area contributed by atoms with Gasteiger partial charge in [0.1, 0.15) is 17.1 Å². The van der Waals surface area contributed by atoms with E-state index < -0.39 is 5.82 Å². The number of nitrogens with one attached hydrogen (secondary N) is 2. The van der Waals surface area contributed by atoms with E-state index in [1.807, 2.05) is 36.0 Å². The van der Waals surface area contributed by atoms with E-state index in [0.29, 0.717) is 28.7 Å². The molecule has 1 fully saturated rings. The van der Waals surface area contributed by atoms with Crippen LogP contribution in [0.15, 0.2) is 55.5 Å². The molecule has 4 aromatic rings. The van der Waals surface area contributed by atoms with Crippen molar-refractivity contribution < 1.29 is 13.9 Å². The summed E-state index contributed by atoms with van der Waals surface area (Å²) in [5.41, 5.74) is 3.40. The number of pyridine rings is 1. The summed E-state index contributed by atoms with van der Waals surface area (Å²) in [6, 6.07) is 7.92. The molecule has 1 aliphatic heterocycles. The molecule has 4 heterocycles. The van der Waals surface area contributed by atoms with Crippen LogP contribution in [0.1, 0.15) is 12.8 Å². The highest BCUT2D eigenvalue weighted by atomic mass is 19.1. The first-order valence-corrected chi connectivity index (χ1v) is 13.0. The number of nitrogens with zero attached hydrogens (tertiary/aromatic N) is 6. The molecule has 1 amide bonds. The van der Waals surface area contributed by atoms with Gasteiger partial charge in [-0.1, -0.05) is 6.58 Å². The van der Waals surface area contributed by atoms with Crippen molar-refractivity contribution in [2.24, 2.45) is 7.05 Å². The number of halogens is 1. The van der Waals surface area contributed by atoms with Crippen LogP contribution in [0.4, 0.5) is 27.4 Å². The second kappa shape index (κ2) is 11.3. The number of methoxy groups -OCH3 is 1. The predicted octanol–water partition coefficient (Wildman–Crippen LogP) is 4.58. The van der Waals surface area contributed by atoms with Crippen LogP contribution in [-0.4, -0.2) is 70.7 Å². The van der Waals surface area contributed by atoms with Crippen LogP contribution in [0.3, 0.4) is 0 Å². The highest BCUT2D eigenvalue weighted by Crippen LogP contribution is 2.39.